The summed E-state index contributed by atoms with van der Waals surface area (Å²) < 4.78 is 5.64. The molecule has 1 aromatic heterocycles. The third-order valence-corrected chi connectivity index (χ3v) is 2.64. The van der Waals surface area contributed by atoms with Gasteiger partial charge in [0.25, 0.3) is 0 Å². The molecule has 0 aliphatic carbocycles. The van der Waals surface area contributed by atoms with E-state index in [1.54, 1.807) is 12.4 Å². The van der Waals surface area contributed by atoms with Crippen LogP contribution in [-0.2, 0) is 0 Å². The lowest BCUT2D eigenvalue weighted by atomic mass is 10.2. The Morgan fingerprint density at radius 1 is 0.632 bits per heavy atom. The van der Waals surface area contributed by atoms with Crippen molar-refractivity contribution in [2.24, 2.45) is 0 Å². The molecule has 0 N–H and O–H groups in total. The standard InChI is InChI=1S/C16H12N2O/c1-3-7-13(8-4-1)16-17-11-15(12-18-16)19-14-9-5-2-6-10-14/h1-12H. The van der Waals surface area contributed by atoms with Gasteiger partial charge in [-0.15, -0.1) is 0 Å². The van der Waals surface area contributed by atoms with Gasteiger partial charge in [-0.1, -0.05) is 48.5 Å². The Bertz CT molecular complexity index is 637. The van der Waals surface area contributed by atoms with E-state index in [9.17, 15) is 0 Å². The van der Waals surface area contributed by atoms with E-state index in [1.807, 2.05) is 60.7 Å². The molecule has 3 nitrogen and oxygen atoms in total. The fourth-order valence-corrected chi connectivity index (χ4v) is 1.73. The molecule has 3 aromatic rings. The molecule has 0 saturated heterocycles. The Kier molecular flexibility index (Phi) is 3.19. The lowest BCUT2D eigenvalue weighted by molar-refractivity contribution is 0.477. The van der Waals surface area contributed by atoms with Gasteiger partial charge >= 0.3 is 0 Å². The van der Waals surface area contributed by atoms with Crippen LogP contribution in [0.4, 0.5) is 0 Å². The maximum Gasteiger partial charge on any atom is 0.164 e. The van der Waals surface area contributed by atoms with Crippen molar-refractivity contribution in [1.29, 1.82) is 0 Å². The molecular weight excluding hydrogens is 236 g/mol. The molecule has 0 unspecified atom stereocenters. The first-order valence-corrected chi connectivity index (χ1v) is 6.02. The van der Waals surface area contributed by atoms with Gasteiger partial charge in [0.1, 0.15) is 5.75 Å². The Labute approximate surface area is 111 Å². The average molecular weight is 248 g/mol. The van der Waals surface area contributed by atoms with Gasteiger partial charge in [-0.2, -0.15) is 0 Å². The van der Waals surface area contributed by atoms with Gasteiger partial charge in [0, 0.05) is 5.56 Å². The summed E-state index contributed by atoms with van der Waals surface area (Å²) in [6.07, 6.45) is 3.37. The predicted molar refractivity (Wildman–Crippen MR) is 74.0 cm³/mol. The summed E-state index contributed by atoms with van der Waals surface area (Å²) in [6, 6.07) is 19.4. The van der Waals surface area contributed by atoms with Crippen LogP contribution in [-0.4, -0.2) is 9.97 Å². The second-order valence-electron chi connectivity index (χ2n) is 4.02. The van der Waals surface area contributed by atoms with Gasteiger partial charge in [0.15, 0.2) is 11.6 Å². The number of ether oxygens (including phenoxy) is 1. The molecule has 0 bridgehead atoms. The number of hydrogen-bond donors (Lipinski definition) is 0. The van der Waals surface area contributed by atoms with E-state index < -0.39 is 0 Å². The van der Waals surface area contributed by atoms with Gasteiger partial charge in [-0.05, 0) is 12.1 Å². The summed E-state index contributed by atoms with van der Waals surface area (Å²) in [5.74, 6) is 2.10. The highest BCUT2D eigenvalue weighted by atomic mass is 16.5. The molecule has 0 spiro atoms. The highest BCUT2D eigenvalue weighted by Crippen LogP contribution is 2.21. The fourth-order valence-electron chi connectivity index (χ4n) is 1.73. The molecule has 0 amide bonds. The lowest BCUT2D eigenvalue weighted by Crippen LogP contribution is -1.90. The number of aromatic nitrogens is 2. The van der Waals surface area contributed by atoms with Crippen molar-refractivity contribution in [3.63, 3.8) is 0 Å². The van der Waals surface area contributed by atoms with Crippen molar-refractivity contribution in [1.82, 2.24) is 9.97 Å². The summed E-state index contributed by atoms with van der Waals surface area (Å²) in [5.41, 5.74) is 0.994. The van der Waals surface area contributed by atoms with Crippen molar-refractivity contribution in [2.75, 3.05) is 0 Å². The van der Waals surface area contributed by atoms with Gasteiger partial charge < -0.3 is 4.74 Å². The highest BCUT2D eigenvalue weighted by Gasteiger charge is 2.01. The SMILES string of the molecule is c1ccc(Oc2cnc(-c3ccccc3)nc2)cc1. The van der Waals surface area contributed by atoms with Crippen molar-refractivity contribution in [3.05, 3.63) is 73.1 Å². The van der Waals surface area contributed by atoms with E-state index in [4.69, 9.17) is 4.74 Å². The van der Waals surface area contributed by atoms with Gasteiger partial charge in [0.2, 0.25) is 0 Å². The van der Waals surface area contributed by atoms with Crippen LogP contribution in [0, 0.1) is 0 Å². The van der Waals surface area contributed by atoms with Crippen molar-refractivity contribution in [3.8, 4) is 22.9 Å². The van der Waals surface area contributed by atoms with Gasteiger partial charge in [-0.3, -0.25) is 0 Å². The molecule has 19 heavy (non-hydrogen) atoms. The monoisotopic (exact) mass is 248 g/mol. The van der Waals surface area contributed by atoms with E-state index in [0.717, 1.165) is 11.3 Å². The van der Waals surface area contributed by atoms with Crippen LogP contribution in [0.25, 0.3) is 11.4 Å². The minimum Gasteiger partial charge on any atom is -0.454 e. The first-order valence-electron chi connectivity index (χ1n) is 6.02. The topological polar surface area (TPSA) is 35.0 Å². The van der Waals surface area contributed by atoms with Crippen LogP contribution in [0.5, 0.6) is 11.5 Å². The number of hydrogen-bond acceptors (Lipinski definition) is 3. The number of nitrogens with zero attached hydrogens (tertiary/aromatic N) is 2. The van der Waals surface area contributed by atoms with Crippen LogP contribution in [0.3, 0.4) is 0 Å². The van der Waals surface area contributed by atoms with Gasteiger partial charge in [-0.25, -0.2) is 9.97 Å². The third-order valence-electron chi connectivity index (χ3n) is 2.64. The molecule has 0 radical (unpaired) electrons. The minimum atomic E-state index is 0.630. The van der Waals surface area contributed by atoms with E-state index in [0.29, 0.717) is 11.6 Å². The number of benzene rings is 2. The third kappa shape index (κ3) is 2.77. The van der Waals surface area contributed by atoms with Crippen LogP contribution in [0.2, 0.25) is 0 Å². The lowest BCUT2D eigenvalue weighted by Gasteiger charge is -2.05. The zero-order valence-electron chi connectivity index (χ0n) is 10.2. The van der Waals surface area contributed by atoms with Crippen molar-refractivity contribution < 1.29 is 4.74 Å². The molecule has 1 heterocycles. The van der Waals surface area contributed by atoms with E-state index >= 15 is 0 Å². The quantitative estimate of drug-likeness (QED) is 0.704. The van der Waals surface area contributed by atoms with Crippen molar-refractivity contribution >= 4 is 0 Å². The molecule has 0 fully saturated rings. The molecule has 2 aromatic carbocycles. The smallest absolute Gasteiger partial charge is 0.164 e. The Morgan fingerprint density at radius 3 is 1.84 bits per heavy atom. The van der Waals surface area contributed by atoms with E-state index in [-0.39, 0.29) is 0 Å². The first-order chi connectivity index (χ1) is 9.42. The highest BCUT2D eigenvalue weighted by molar-refractivity contribution is 5.54. The summed E-state index contributed by atoms with van der Waals surface area (Å²) in [7, 11) is 0. The van der Waals surface area contributed by atoms with Crippen LogP contribution in [0.15, 0.2) is 73.1 Å². The van der Waals surface area contributed by atoms with Crippen LogP contribution < -0.4 is 4.74 Å². The van der Waals surface area contributed by atoms with E-state index in [2.05, 4.69) is 9.97 Å². The molecule has 0 aliphatic heterocycles. The number of rotatable bonds is 3. The van der Waals surface area contributed by atoms with Crippen LogP contribution in [0.1, 0.15) is 0 Å². The minimum absolute atomic E-state index is 0.630. The fraction of sp³-hybridized carbons (Fsp3) is 0. The summed E-state index contributed by atoms with van der Waals surface area (Å²) in [6.45, 7) is 0. The molecule has 0 atom stereocenters. The second-order valence-corrected chi connectivity index (χ2v) is 4.02. The number of para-hydroxylation sites is 1. The van der Waals surface area contributed by atoms with E-state index in [1.165, 1.54) is 0 Å². The predicted octanol–water partition coefficient (Wildman–Crippen LogP) is 3.94. The molecule has 0 aliphatic rings. The molecule has 92 valence electrons. The normalized spacial score (nSPS) is 10.1. The Balaban J connectivity index is 1.80. The molecular formula is C16H12N2O. The summed E-state index contributed by atoms with van der Waals surface area (Å²) in [5, 5.41) is 0. The molecule has 3 rings (SSSR count). The zero-order chi connectivity index (χ0) is 12.9. The Morgan fingerprint density at radius 2 is 1.21 bits per heavy atom. The van der Waals surface area contributed by atoms with Crippen molar-refractivity contribution in [2.45, 2.75) is 0 Å². The summed E-state index contributed by atoms with van der Waals surface area (Å²) >= 11 is 0. The Hall–Kier alpha value is -2.68. The van der Waals surface area contributed by atoms with Gasteiger partial charge in [0.05, 0.1) is 12.4 Å². The summed E-state index contributed by atoms with van der Waals surface area (Å²) in [4.78, 5) is 8.62. The maximum atomic E-state index is 5.64. The average Bonchev–Trinajstić information content (AvgIpc) is 2.50. The largest absolute Gasteiger partial charge is 0.454 e. The zero-order valence-corrected chi connectivity index (χ0v) is 10.2. The molecule has 0 saturated carbocycles. The van der Waals surface area contributed by atoms with Crippen LogP contribution >= 0.6 is 0 Å². The maximum absolute atomic E-state index is 5.64. The first kappa shape index (κ1) is 11.4. The second kappa shape index (κ2) is 5.31. The molecule has 3 heteroatoms.